The van der Waals surface area contributed by atoms with Gasteiger partial charge in [-0.05, 0) is 131 Å². The molecule has 2 aliphatic heterocycles. The summed E-state index contributed by atoms with van der Waals surface area (Å²) in [5, 5.41) is 27.4. The first-order chi connectivity index (χ1) is 52.8. The van der Waals surface area contributed by atoms with Crippen LogP contribution >= 0.6 is 11.3 Å². The number of β-amino-alcohol motifs (C(OH)–C–C–N with tert-alkyl or cyclic N) is 1. The van der Waals surface area contributed by atoms with Crippen LogP contribution in [0.3, 0.4) is 0 Å². The number of nitrogens with zero attached hydrogens (tertiary/aromatic N) is 4. The number of carbonyl (C=O) groups excluding carboxylic acids is 10. The number of likely N-dealkylation sites (N-methyl/N-ethyl adjacent to an activating group) is 1. The molecule has 26 nitrogen and oxygen atoms in total. The number of unbranched alkanes of at least 4 members (excludes halogenated alkanes) is 2. The normalized spacial score (nSPS) is 15.1. The van der Waals surface area contributed by atoms with Crippen molar-refractivity contribution in [3.8, 4) is 21.9 Å². The molecular formula is C83H105N11O15S. The van der Waals surface area contributed by atoms with Gasteiger partial charge in [0.05, 0.1) is 61.6 Å². The van der Waals surface area contributed by atoms with Crippen molar-refractivity contribution in [1.29, 1.82) is 0 Å². The third-order valence-electron chi connectivity index (χ3n) is 18.9. The smallest absolute Gasteiger partial charge is 0.312 e. The molecule has 3 heterocycles. The van der Waals surface area contributed by atoms with E-state index in [1.165, 1.54) is 17.1 Å². The van der Waals surface area contributed by atoms with Crippen LogP contribution in [-0.2, 0) is 65.8 Å². The summed E-state index contributed by atoms with van der Waals surface area (Å²) in [5.74, 6) is -2.56. The Bertz CT molecular complexity index is 4130. The summed E-state index contributed by atoms with van der Waals surface area (Å²) in [6.45, 7) is 15.1. The number of thiazole rings is 1. The fourth-order valence-electron chi connectivity index (χ4n) is 12.7. The van der Waals surface area contributed by atoms with E-state index in [9.17, 15) is 53.1 Å². The average molecular weight is 1530 g/mol. The number of aliphatic hydroxyl groups excluding tert-OH is 1. The molecule has 588 valence electrons. The number of urea groups is 1. The standard InChI is InChI=1S/C83H105N11O15S/c1-9-66(58-17-12-10-13-18-58)74(60-29-35-65(36-30-60)109-52-57-23-31-62(32-24-57)88-78(101)67(19-16-41-85-82(84)105)89-80(103)75(54(2)3)90-69(96)20-14-11-15-42-93-72(99)37-38-73(93)100)59-27-33-64(34-28-59)108-46-43-92(8)71(98)40-45-107-48-47-106-44-39-70(97)91-77(83(5,6)7)81(104)94-51-63(95)49-68(94)79(102)86-50-56-21-25-61(26-22-56)76-55(4)87-53-110-76/h10,12-13,17-18,21-38,53-54,63,67-68,75,77,95H,9,11,14-16,19-20,39-52H2,1-8H3,(H,86,102)(H,88,101)(H,89,103)(H,90,96)(H,91,97)(H3,84,85,105)/t63-,67+,68+,75+,77-/m1/s1. The lowest BCUT2D eigenvalue weighted by molar-refractivity contribution is -0.144. The zero-order valence-corrected chi connectivity index (χ0v) is 64.9. The quantitative estimate of drug-likeness (QED) is 0.0101. The molecule has 11 amide bonds. The van der Waals surface area contributed by atoms with Gasteiger partial charge in [0.2, 0.25) is 41.4 Å². The van der Waals surface area contributed by atoms with Crippen molar-refractivity contribution in [2.24, 2.45) is 17.1 Å². The second-order valence-electron chi connectivity index (χ2n) is 28.7. The van der Waals surface area contributed by atoms with E-state index < -0.39 is 65.3 Å². The molecule has 0 aliphatic carbocycles. The molecule has 6 aromatic rings. The minimum absolute atomic E-state index is 0.0351. The van der Waals surface area contributed by atoms with E-state index in [4.69, 9.17) is 24.7 Å². The number of aromatic nitrogens is 1. The number of hydrogen-bond acceptors (Lipinski definition) is 17. The maximum absolute atomic E-state index is 14.1. The highest BCUT2D eigenvalue weighted by Gasteiger charge is 2.44. The van der Waals surface area contributed by atoms with E-state index in [0.29, 0.717) is 49.4 Å². The van der Waals surface area contributed by atoms with E-state index in [0.717, 1.165) is 66.4 Å². The molecule has 0 unspecified atom stereocenters. The fraction of sp³-hybridized carbons (Fsp3) is 0.434. The van der Waals surface area contributed by atoms with Crippen molar-refractivity contribution < 1.29 is 72.0 Å². The van der Waals surface area contributed by atoms with Crippen molar-refractivity contribution in [3.63, 3.8) is 0 Å². The van der Waals surface area contributed by atoms with Gasteiger partial charge in [0.15, 0.2) is 0 Å². The number of nitrogens with one attached hydrogen (secondary N) is 6. The van der Waals surface area contributed by atoms with Gasteiger partial charge in [-0.15, -0.1) is 11.3 Å². The minimum Gasteiger partial charge on any atom is -0.492 e. The van der Waals surface area contributed by atoms with Crippen LogP contribution in [0.2, 0.25) is 0 Å². The van der Waals surface area contributed by atoms with Crippen LogP contribution in [-0.4, -0.2) is 181 Å². The lowest BCUT2D eigenvalue weighted by atomic mass is 9.85. The zero-order chi connectivity index (χ0) is 79.3. The molecule has 8 rings (SSSR count). The van der Waals surface area contributed by atoms with Crippen LogP contribution in [0.5, 0.6) is 11.5 Å². The number of hydrogen-bond donors (Lipinski definition) is 8. The molecule has 0 saturated carbocycles. The van der Waals surface area contributed by atoms with Gasteiger partial charge in [0.1, 0.15) is 48.9 Å². The van der Waals surface area contributed by atoms with E-state index in [1.54, 1.807) is 54.8 Å². The largest absolute Gasteiger partial charge is 0.492 e. The van der Waals surface area contributed by atoms with Crippen molar-refractivity contribution in [3.05, 3.63) is 179 Å². The molecule has 1 aromatic heterocycles. The lowest BCUT2D eigenvalue weighted by Gasteiger charge is -2.35. The first-order valence-electron chi connectivity index (χ1n) is 37.5. The van der Waals surface area contributed by atoms with Gasteiger partial charge in [-0.1, -0.05) is 139 Å². The summed E-state index contributed by atoms with van der Waals surface area (Å²) in [6, 6.07) is 36.3. The topological polar surface area (TPSA) is 349 Å². The number of primary amides is 1. The highest BCUT2D eigenvalue weighted by Crippen LogP contribution is 2.37. The number of likely N-dealkylation sites (tertiary alicyclic amines) is 1. The number of carbonyl (C=O) groups is 10. The van der Waals surface area contributed by atoms with Crippen molar-refractivity contribution in [2.45, 2.75) is 156 Å². The number of imide groups is 1. The lowest BCUT2D eigenvalue weighted by Crippen LogP contribution is -2.57. The van der Waals surface area contributed by atoms with Gasteiger partial charge in [-0.3, -0.25) is 48.1 Å². The van der Waals surface area contributed by atoms with Crippen LogP contribution in [0.4, 0.5) is 10.5 Å². The minimum atomic E-state index is -1.04. The van der Waals surface area contributed by atoms with Crippen LogP contribution in [0.1, 0.15) is 139 Å². The van der Waals surface area contributed by atoms with Gasteiger partial charge in [0.25, 0.3) is 11.8 Å². The van der Waals surface area contributed by atoms with Crippen molar-refractivity contribution >= 4 is 87.4 Å². The van der Waals surface area contributed by atoms with Crippen LogP contribution in [0.15, 0.2) is 145 Å². The third kappa shape index (κ3) is 26.0. The zero-order valence-electron chi connectivity index (χ0n) is 64.1. The monoisotopic (exact) mass is 1530 g/mol. The molecule has 5 atom stereocenters. The molecule has 0 spiro atoms. The molecule has 1 saturated heterocycles. The molecule has 0 bridgehead atoms. The second-order valence-corrected chi connectivity index (χ2v) is 29.5. The molecular weight excluding hydrogens is 1420 g/mol. The second kappa shape index (κ2) is 42.4. The Labute approximate surface area is 647 Å². The predicted molar refractivity (Wildman–Crippen MR) is 420 cm³/mol. The number of allylic oxidation sites excluding steroid dienone is 1. The number of aryl methyl sites for hydroxylation is 1. The highest BCUT2D eigenvalue weighted by atomic mass is 32.1. The number of rotatable bonds is 42. The Kier molecular flexibility index (Phi) is 32.8. The summed E-state index contributed by atoms with van der Waals surface area (Å²) >= 11 is 1.56. The predicted octanol–water partition coefficient (Wildman–Crippen LogP) is 9.02. The van der Waals surface area contributed by atoms with Gasteiger partial charge in [-0.2, -0.15) is 0 Å². The summed E-state index contributed by atoms with van der Waals surface area (Å²) in [4.78, 5) is 139. The first-order valence-corrected chi connectivity index (χ1v) is 38.4. The van der Waals surface area contributed by atoms with E-state index in [2.05, 4.69) is 55.9 Å². The van der Waals surface area contributed by atoms with Crippen LogP contribution < -0.4 is 47.1 Å². The van der Waals surface area contributed by atoms with E-state index in [-0.39, 0.29) is 133 Å². The SMILES string of the molecule is CCC(=C(c1ccc(OCCN(C)C(=O)CCOCCOCCC(=O)N[C@H](C(=O)N2C[C@H](O)C[C@H]2C(=O)NCc2ccc(-c3scnc3C)cc2)C(C)(C)C)cc1)c1ccc(OCc2ccc(NC(=O)[C@H](CCCNC(N)=O)NC(=O)[C@@H](NC(=O)CCCCCN3C(=O)C=CC3=O)C(C)C)cc2)cc1)c1ccccc1. The van der Waals surface area contributed by atoms with Gasteiger partial charge in [0, 0.05) is 70.3 Å². The summed E-state index contributed by atoms with van der Waals surface area (Å²) in [5.41, 5.74) is 15.7. The molecule has 2 aliphatic rings. The molecule has 5 aromatic carbocycles. The summed E-state index contributed by atoms with van der Waals surface area (Å²) in [7, 11) is 1.71. The number of aliphatic hydroxyl groups is 1. The number of anilines is 1. The summed E-state index contributed by atoms with van der Waals surface area (Å²) < 4.78 is 23.8. The molecule has 27 heteroatoms. The van der Waals surface area contributed by atoms with E-state index in [1.807, 2.05) is 131 Å². The Balaban J connectivity index is 0.744. The Morgan fingerprint density at radius 3 is 1.93 bits per heavy atom. The van der Waals surface area contributed by atoms with Crippen molar-refractivity contribution in [1.82, 2.24) is 46.3 Å². The Morgan fingerprint density at radius 2 is 1.32 bits per heavy atom. The van der Waals surface area contributed by atoms with Crippen LogP contribution in [0, 0.1) is 18.3 Å². The number of ether oxygens (including phenoxy) is 4. The number of nitrogens with two attached hydrogens (primary N) is 1. The maximum Gasteiger partial charge on any atom is 0.312 e. The number of benzene rings is 5. The van der Waals surface area contributed by atoms with E-state index >= 15 is 0 Å². The maximum atomic E-state index is 14.1. The molecule has 9 N–H and O–H groups in total. The van der Waals surface area contributed by atoms with Gasteiger partial charge >= 0.3 is 6.03 Å². The molecule has 1 fully saturated rings. The van der Waals surface area contributed by atoms with Gasteiger partial charge < -0.3 is 71.5 Å². The average Bonchev–Trinajstić information content (AvgIpc) is 1.43. The molecule has 0 radical (unpaired) electrons. The fourth-order valence-corrected chi connectivity index (χ4v) is 13.5. The highest BCUT2D eigenvalue weighted by molar-refractivity contribution is 7.13. The first kappa shape index (κ1) is 85.0. The number of amides is 11. The Hall–Kier alpha value is -10.6. The van der Waals surface area contributed by atoms with Gasteiger partial charge in [-0.25, -0.2) is 9.78 Å². The van der Waals surface area contributed by atoms with Crippen molar-refractivity contribution in [2.75, 3.05) is 71.6 Å². The Morgan fingerprint density at radius 1 is 0.691 bits per heavy atom. The molecule has 110 heavy (non-hydrogen) atoms. The third-order valence-corrected chi connectivity index (χ3v) is 19.9. The summed E-state index contributed by atoms with van der Waals surface area (Å²) in [6.07, 6.45) is 4.63. The van der Waals surface area contributed by atoms with Crippen LogP contribution in [0.25, 0.3) is 21.6 Å².